The van der Waals surface area contributed by atoms with E-state index in [-0.39, 0.29) is 10.8 Å². The van der Waals surface area contributed by atoms with Gasteiger partial charge in [0.25, 0.3) is 0 Å². The number of hydrogen-bond acceptors (Lipinski definition) is 3. The molecule has 0 saturated carbocycles. The third-order valence-corrected chi connectivity index (χ3v) is 4.29. The molecule has 1 aromatic carbocycles. The van der Waals surface area contributed by atoms with Gasteiger partial charge in [-0.05, 0) is 29.5 Å². The van der Waals surface area contributed by atoms with Crippen LogP contribution in [0.2, 0.25) is 0 Å². The fraction of sp³-hybridized carbons (Fsp3) is 0.571. The van der Waals surface area contributed by atoms with Crippen LogP contribution >= 0.6 is 0 Å². The molecule has 1 aromatic rings. The Morgan fingerprint density at radius 3 is 2.32 bits per heavy atom. The van der Waals surface area contributed by atoms with E-state index in [2.05, 4.69) is 18.6 Å². The van der Waals surface area contributed by atoms with Crippen molar-refractivity contribution in [2.45, 2.75) is 38.5 Å². The Bertz CT molecular complexity index is 521. The molecule has 108 valence electrons. The Morgan fingerprint density at radius 2 is 1.84 bits per heavy atom. The summed E-state index contributed by atoms with van der Waals surface area (Å²) < 4.78 is 32.2. The molecule has 0 aliphatic heterocycles. The molecule has 1 N–H and O–H groups in total. The molecule has 0 spiro atoms. The molecule has 0 unspecified atom stereocenters. The van der Waals surface area contributed by atoms with Crippen LogP contribution in [0.3, 0.4) is 0 Å². The maximum Gasteiger partial charge on any atom is 0.244 e. The predicted molar refractivity (Wildman–Crippen MR) is 77.1 cm³/mol. The van der Waals surface area contributed by atoms with Gasteiger partial charge in [-0.25, -0.2) is 13.1 Å². The Labute approximate surface area is 116 Å². The van der Waals surface area contributed by atoms with Crippen molar-refractivity contribution in [2.24, 2.45) is 5.92 Å². The summed E-state index contributed by atoms with van der Waals surface area (Å²) in [4.78, 5) is 0.194. The van der Waals surface area contributed by atoms with Gasteiger partial charge in [0, 0.05) is 6.54 Å². The van der Waals surface area contributed by atoms with Crippen LogP contribution in [0.5, 0.6) is 5.75 Å². The third-order valence-electron chi connectivity index (χ3n) is 2.83. The number of nitrogens with one attached hydrogen (secondary N) is 1. The lowest BCUT2D eigenvalue weighted by molar-refractivity contribution is 0.401. The summed E-state index contributed by atoms with van der Waals surface area (Å²) in [5.41, 5.74) is 1.06. The van der Waals surface area contributed by atoms with Crippen LogP contribution < -0.4 is 9.46 Å². The standard InChI is InChI=1S/C14H23NO3S/c1-10(2)9-15-19(16,17)14-7-6-12(11(3)4)8-13(14)18-5/h6-8,10-11,15H,9H2,1-5H3. The van der Waals surface area contributed by atoms with Crippen LogP contribution in [-0.4, -0.2) is 22.1 Å². The Kier molecular flexibility index (Phi) is 5.38. The van der Waals surface area contributed by atoms with E-state index in [0.717, 1.165) is 5.56 Å². The molecule has 0 aromatic heterocycles. The zero-order valence-electron chi connectivity index (χ0n) is 12.2. The van der Waals surface area contributed by atoms with Crippen molar-refractivity contribution in [3.05, 3.63) is 23.8 Å². The van der Waals surface area contributed by atoms with Gasteiger partial charge in [0.05, 0.1) is 7.11 Å². The monoisotopic (exact) mass is 285 g/mol. The summed E-state index contributed by atoms with van der Waals surface area (Å²) in [5.74, 6) is 0.979. The van der Waals surface area contributed by atoms with Crippen molar-refractivity contribution in [1.29, 1.82) is 0 Å². The normalized spacial score (nSPS) is 12.2. The maximum atomic E-state index is 12.2. The van der Waals surface area contributed by atoms with Crippen molar-refractivity contribution >= 4 is 10.0 Å². The minimum atomic E-state index is -3.52. The third kappa shape index (κ3) is 4.21. The molecule has 1 rings (SSSR count). The molecule has 0 aliphatic rings. The van der Waals surface area contributed by atoms with Crippen LogP contribution in [-0.2, 0) is 10.0 Å². The van der Waals surface area contributed by atoms with Crippen molar-refractivity contribution < 1.29 is 13.2 Å². The zero-order valence-corrected chi connectivity index (χ0v) is 13.0. The molecule has 0 atom stereocenters. The number of hydrogen-bond donors (Lipinski definition) is 1. The molecule has 5 heteroatoms. The highest BCUT2D eigenvalue weighted by Crippen LogP contribution is 2.28. The molecular weight excluding hydrogens is 262 g/mol. The van der Waals surface area contributed by atoms with E-state index in [1.807, 2.05) is 19.9 Å². The highest BCUT2D eigenvalue weighted by atomic mass is 32.2. The Morgan fingerprint density at radius 1 is 1.21 bits per heavy atom. The topological polar surface area (TPSA) is 55.4 Å². The molecule has 0 fully saturated rings. The van der Waals surface area contributed by atoms with Gasteiger partial charge in [0.2, 0.25) is 10.0 Å². The molecular formula is C14H23NO3S. The van der Waals surface area contributed by atoms with Crippen molar-refractivity contribution in [3.63, 3.8) is 0 Å². The number of rotatable bonds is 6. The van der Waals surface area contributed by atoms with E-state index >= 15 is 0 Å². The molecule has 0 radical (unpaired) electrons. The predicted octanol–water partition coefficient (Wildman–Crippen LogP) is 2.75. The van der Waals surface area contributed by atoms with Gasteiger partial charge < -0.3 is 4.74 Å². The molecule has 0 saturated heterocycles. The van der Waals surface area contributed by atoms with Gasteiger partial charge in [0.15, 0.2) is 0 Å². The van der Waals surface area contributed by atoms with Gasteiger partial charge in [-0.3, -0.25) is 0 Å². The van der Waals surface area contributed by atoms with E-state index in [1.165, 1.54) is 7.11 Å². The maximum absolute atomic E-state index is 12.2. The first kappa shape index (κ1) is 16.0. The second-order valence-electron chi connectivity index (χ2n) is 5.31. The quantitative estimate of drug-likeness (QED) is 0.874. The minimum Gasteiger partial charge on any atom is -0.495 e. The minimum absolute atomic E-state index is 0.194. The fourth-order valence-corrected chi connectivity index (χ4v) is 2.98. The smallest absolute Gasteiger partial charge is 0.244 e. The van der Waals surface area contributed by atoms with Gasteiger partial charge in [-0.1, -0.05) is 33.8 Å². The zero-order chi connectivity index (χ0) is 14.6. The van der Waals surface area contributed by atoms with Crippen LogP contribution in [0.4, 0.5) is 0 Å². The van der Waals surface area contributed by atoms with Crippen molar-refractivity contribution in [2.75, 3.05) is 13.7 Å². The first-order chi connectivity index (χ1) is 8.77. The highest BCUT2D eigenvalue weighted by molar-refractivity contribution is 7.89. The second-order valence-corrected chi connectivity index (χ2v) is 7.05. The lowest BCUT2D eigenvalue weighted by atomic mass is 10.0. The molecule has 19 heavy (non-hydrogen) atoms. The van der Waals surface area contributed by atoms with E-state index < -0.39 is 10.0 Å². The van der Waals surface area contributed by atoms with E-state index in [1.54, 1.807) is 12.1 Å². The van der Waals surface area contributed by atoms with E-state index in [0.29, 0.717) is 18.2 Å². The summed E-state index contributed by atoms with van der Waals surface area (Å²) in [5, 5.41) is 0. The van der Waals surface area contributed by atoms with Gasteiger partial charge >= 0.3 is 0 Å². The summed E-state index contributed by atoms with van der Waals surface area (Å²) in [6, 6.07) is 5.22. The molecule has 0 bridgehead atoms. The number of sulfonamides is 1. The summed E-state index contributed by atoms with van der Waals surface area (Å²) >= 11 is 0. The number of benzene rings is 1. The van der Waals surface area contributed by atoms with Crippen LogP contribution in [0, 0.1) is 5.92 Å². The van der Waals surface area contributed by atoms with Crippen LogP contribution in [0.25, 0.3) is 0 Å². The van der Waals surface area contributed by atoms with Gasteiger partial charge in [-0.2, -0.15) is 0 Å². The van der Waals surface area contributed by atoms with Crippen molar-refractivity contribution in [1.82, 2.24) is 4.72 Å². The summed E-state index contributed by atoms with van der Waals surface area (Å²) in [6.07, 6.45) is 0. The van der Waals surface area contributed by atoms with Crippen LogP contribution in [0.1, 0.15) is 39.2 Å². The number of methoxy groups -OCH3 is 1. The van der Waals surface area contributed by atoms with Gasteiger partial charge in [-0.15, -0.1) is 0 Å². The summed E-state index contributed by atoms with van der Waals surface area (Å²) in [6.45, 7) is 8.45. The first-order valence-electron chi connectivity index (χ1n) is 6.45. The van der Waals surface area contributed by atoms with E-state index in [9.17, 15) is 8.42 Å². The lowest BCUT2D eigenvalue weighted by Crippen LogP contribution is -2.27. The lowest BCUT2D eigenvalue weighted by Gasteiger charge is -2.14. The SMILES string of the molecule is COc1cc(C(C)C)ccc1S(=O)(=O)NCC(C)C. The molecule has 0 aliphatic carbocycles. The highest BCUT2D eigenvalue weighted by Gasteiger charge is 2.20. The molecule has 0 heterocycles. The molecule has 0 amide bonds. The Hall–Kier alpha value is -1.07. The van der Waals surface area contributed by atoms with Crippen LogP contribution in [0.15, 0.2) is 23.1 Å². The average Bonchev–Trinajstić information content (AvgIpc) is 2.35. The fourth-order valence-electron chi connectivity index (χ4n) is 1.62. The Balaban J connectivity index is 3.12. The summed E-state index contributed by atoms with van der Waals surface area (Å²) in [7, 11) is -2.03. The molecule has 4 nitrogen and oxygen atoms in total. The van der Waals surface area contributed by atoms with Crippen molar-refractivity contribution in [3.8, 4) is 5.75 Å². The van der Waals surface area contributed by atoms with Gasteiger partial charge in [0.1, 0.15) is 10.6 Å². The largest absolute Gasteiger partial charge is 0.495 e. The second kappa shape index (κ2) is 6.39. The average molecular weight is 285 g/mol. The number of ether oxygens (including phenoxy) is 1. The first-order valence-corrected chi connectivity index (χ1v) is 7.94. The van der Waals surface area contributed by atoms with E-state index in [4.69, 9.17) is 4.74 Å².